The number of nitrogens with zero attached hydrogens (tertiary/aromatic N) is 2. The Morgan fingerprint density at radius 2 is 1.86 bits per heavy atom. The van der Waals surface area contributed by atoms with E-state index in [2.05, 4.69) is 23.1 Å². The first-order valence-electron chi connectivity index (χ1n) is 10.0. The lowest BCUT2D eigenvalue weighted by Gasteiger charge is -2.41. The molecule has 5 nitrogen and oxygen atoms in total. The lowest BCUT2D eigenvalue weighted by Crippen LogP contribution is -2.35. The second-order valence-corrected chi connectivity index (χ2v) is 7.73. The molecule has 0 saturated carbocycles. The second kappa shape index (κ2) is 8.23. The summed E-state index contributed by atoms with van der Waals surface area (Å²) in [4.78, 5) is 13.0. The van der Waals surface area contributed by atoms with Crippen molar-refractivity contribution in [3.63, 3.8) is 0 Å². The molecule has 1 N–H and O–H groups in total. The van der Waals surface area contributed by atoms with E-state index in [0.29, 0.717) is 6.54 Å². The summed E-state index contributed by atoms with van der Waals surface area (Å²) in [6.45, 7) is 3.49. The average molecular weight is 389 g/mol. The molecule has 1 heterocycles. The summed E-state index contributed by atoms with van der Waals surface area (Å²) in [7, 11) is 0. The smallest absolute Gasteiger partial charge is 0.307 e. The van der Waals surface area contributed by atoms with Crippen molar-refractivity contribution in [2.45, 2.75) is 31.8 Å². The molecule has 29 heavy (non-hydrogen) atoms. The lowest BCUT2D eigenvalue weighted by atomic mass is 9.99. The van der Waals surface area contributed by atoms with Crippen molar-refractivity contribution in [2.75, 3.05) is 18.0 Å². The van der Waals surface area contributed by atoms with Crippen molar-refractivity contribution in [3.8, 4) is 0 Å². The summed E-state index contributed by atoms with van der Waals surface area (Å²) >= 11 is 0. The van der Waals surface area contributed by atoms with Crippen LogP contribution in [0.2, 0.25) is 0 Å². The number of aliphatic carboxylic acids is 1. The standard InChI is InChI=1S/C24H25N2O3/c1-17(22-8-4-6-19-5-2-3-7-23(19)22)26(29)21-13-14-25(16-21)20-11-9-18(10-12-20)15-24(27)28/h2-12,17,21H,13-16H2,1H3,(H,27,28)/q-1/t17-,21+/m1/s1. The zero-order valence-corrected chi connectivity index (χ0v) is 16.5. The van der Waals surface area contributed by atoms with Gasteiger partial charge in [-0.3, -0.25) is 4.79 Å². The molecular formula is C24H25N2O3-. The first-order valence-corrected chi connectivity index (χ1v) is 10.0. The molecule has 3 aromatic rings. The van der Waals surface area contributed by atoms with Crippen LogP contribution in [0.5, 0.6) is 0 Å². The van der Waals surface area contributed by atoms with E-state index in [-0.39, 0.29) is 18.5 Å². The fraction of sp³-hybridized carbons (Fsp3) is 0.292. The number of hydroxylamine groups is 2. The highest BCUT2D eigenvalue weighted by molar-refractivity contribution is 5.86. The number of fused-ring (bicyclic) bond motifs is 1. The molecule has 0 aliphatic carbocycles. The molecule has 1 saturated heterocycles. The van der Waals surface area contributed by atoms with E-state index in [9.17, 15) is 10.0 Å². The van der Waals surface area contributed by atoms with Crippen LogP contribution in [0, 0.1) is 5.21 Å². The largest absolute Gasteiger partial charge is 0.784 e. The van der Waals surface area contributed by atoms with Gasteiger partial charge in [0, 0.05) is 30.9 Å². The molecule has 0 bridgehead atoms. The third-order valence-corrected chi connectivity index (χ3v) is 5.84. The molecule has 0 unspecified atom stereocenters. The Morgan fingerprint density at radius 1 is 1.14 bits per heavy atom. The van der Waals surface area contributed by atoms with Crippen LogP contribution >= 0.6 is 0 Å². The zero-order valence-electron chi connectivity index (χ0n) is 16.5. The van der Waals surface area contributed by atoms with Crippen LogP contribution in [0.25, 0.3) is 10.8 Å². The van der Waals surface area contributed by atoms with Crippen LogP contribution in [0.1, 0.15) is 30.5 Å². The summed E-state index contributed by atoms with van der Waals surface area (Å²) in [6, 6.07) is 21.6. The zero-order chi connectivity index (χ0) is 20.4. The molecule has 0 amide bonds. The van der Waals surface area contributed by atoms with E-state index < -0.39 is 5.97 Å². The normalized spacial score (nSPS) is 17.8. The maximum absolute atomic E-state index is 13.2. The molecule has 1 fully saturated rings. The fourth-order valence-electron chi connectivity index (χ4n) is 4.25. The maximum atomic E-state index is 13.2. The quantitative estimate of drug-likeness (QED) is 0.624. The molecule has 5 heteroatoms. The Balaban J connectivity index is 1.46. The van der Waals surface area contributed by atoms with Crippen molar-refractivity contribution in [1.29, 1.82) is 0 Å². The van der Waals surface area contributed by atoms with Crippen LogP contribution in [-0.2, 0) is 11.2 Å². The summed E-state index contributed by atoms with van der Waals surface area (Å²) in [5.74, 6) is -0.830. The van der Waals surface area contributed by atoms with Crippen molar-refractivity contribution < 1.29 is 9.90 Å². The number of carboxylic acid groups (broad SMARTS) is 1. The van der Waals surface area contributed by atoms with Gasteiger partial charge in [0.25, 0.3) is 0 Å². The second-order valence-electron chi connectivity index (χ2n) is 7.73. The minimum Gasteiger partial charge on any atom is -0.784 e. The molecule has 0 radical (unpaired) electrons. The summed E-state index contributed by atoms with van der Waals surface area (Å²) in [6.07, 6.45) is 0.843. The Labute approximate surface area is 170 Å². The topological polar surface area (TPSA) is 66.8 Å². The van der Waals surface area contributed by atoms with Crippen molar-refractivity contribution in [1.82, 2.24) is 5.06 Å². The number of carbonyl (C=O) groups is 1. The van der Waals surface area contributed by atoms with Gasteiger partial charge >= 0.3 is 5.97 Å². The SMILES string of the molecule is C[C@H](c1cccc2ccccc12)N([O-])[C@H]1CCN(c2ccc(CC(=O)O)cc2)C1. The molecule has 1 aliphatic rings. The predicted octanol–water partition coefficient (Wildman–Crippen LogP) is 4.61. The molecule has 3 aromatic carbocycles. The number of carboxylic acids is 1. The average Bonchev–Trinajstić information content (AvgIpc) is 3.22. The van der Waals surface area contributed by atoms with Gasteiger partial charge in [-0.1, -0.05) is 54.6 Å². The van der Waals surface area contributed by atoms with Crippen LogP contribution in [0.4, 0.5) is 5.69 Å². The molecule has 0 spiro atoms. The van der Waals surface area contributed by atoms with Crippen molar-refractivity contribution in [3.05, 3.63) is 83.1 Å². The van der Waals surface area contributed by atoms with Gasteiger partial charge in [-0.2, -0.15) is 0 Å². The highest BCUT2D eigenvalue weighted by atomic mass is 16.5. The highest BCUT2D eigenvalue weighted by Gasteiger charge is 2.26. The van der Waals surface area contributed by atoms with Crippen molar-refractivity contribution >= 4 is 22.4 Å². The summed E-state index contributed by atoms with van der Waals surface area (Å²) < 4.78 is 0. The Hall–Kier alpha value is -2.89. The minimum atomic E-state index is -0.830. The van der Waals surface area contributed by atoms with Gasteiger partial charge in [0.05, 0.1) is 6.42 Å². The van der Waals surface area contributed by atoms with E-state index in [1.165, 1.54) is 5.06 Å². The van der Waals surface area contributed by atoms with Crippen LogP contribution < -0.4 is 4.90 Å². The molecule has 150 valence electrons. The van der Waals surface area contributed by atoms with Gasteiger partial charge in [0.2, 0.25) is 0 Å². The Morgan fingerprint density at radius 3 is 2.62 bits per heavy atom. The fourth-order valence-corrected chi connectivity index (χ4v) is 4.25. The first-order chi connectivity index (χ1) is 14.0. The van der Waals surface area contributed by atoms with E-state index in [4.69, 9.17) is 5.11 Å². The van der Waals surface area contributed by atoms with Gasteiger partial charge in [0.15, 0.2) is 0 Å². The molecule has 4 rings (SSSR count). The summed E-state index contributed by atoms with van der Waals surface area (Å²) in [5.41, 5.74) is 2.88. The van der Waals surface area contributed by atoms with Crippen molar-refractivity contribution in [2.24, 2.45) is 0 Å². The third-order valence-electron chi connectivity index (χ3n) is 5.84. The van der Waals surface area contributed by atoms with Gasteiger partial charge in [-0.05, 0) is 47.4 Å². The van der Waals surface area contributed by atoms with Gasteiger partial charge < -0.3 is 20.3 Å². The predicted molar refractivity (Wildman–Crippen MR) is 116 cm³/mol. The maximum Gasteiger partial charge on any atom is 0.307 e. The molecular weight excluding hydrogens is 364 g/mol. The monoisotopic (exact) mass is 389 g/mol. The van der Waals surface area contributed by atoms with Gasteiger partial charge in [-0.25, -0.2) is 0 Å². The number of hydrogen-bond acceptors (Lipinski definition) is 4. The van der Waals surface area contributed by atoms with E-state index in [0.717, 1.165) is 40.6 Å². The molecule has 2 atom stereocenters. The van der Waals surface area contributed by atoms with Crippen LogP contribution in [0.3, 0.4) is 0 Å². The Kier molecular flexibility index (Phi) is 5.51. The first kappa shape index (κ1) is 19.4. The van der Waals surface area contributed by atoms with E-state index in [1.807, 2.05) is 55.5 Å². The van der Waals surface area contributed by atoms with E-state index in [1.54, 1.807) is 0 Å². The van der Waals surface area contributed by atoms with Gasteiger partial charge in [-0.15, -0.1) is 0 Å². The number of rotatable bonds is 6. The van der Waals surface area contributed by atoms with Gasteiger partial charge in [0.1, 0.15) is 0 Å². The number of benzene rings is 3. The van der Waals surface area contributed by atoms with Crippen LogP contribution in [-0.4, -0.2) is 35.3 Å². The summed E-state index contributed by atoms with van der Waals surface area (Å²) in [5, 5.41) is 25.6. The van der Waals surface area contributed by atoms with Crippen LogP contribution in [0.15, 0.2) is 66.7 Å². The minimum absolute atomic E-state index is 0.0276. The lowest BCUT2D eigenvalue weighted by molar-refractivity contribution is -0.136. The number of hydrogen-bond donors (Lipinski definition) is 1. The number of anilines is 1. The highest BCUT2D eigenvalue weighted by Crippen LogP contribution is 2.32. The Bertz CT molecular complexity index is 997. The van der Waals surface area contributed by atoms with E-state index >= 15 is 0 Å². The molecule has 1 aliphatic heterocycles. The third kappa shape index (κ3) is 4.11. The molecule has 0 aromatic heterocycles.